The molecule has 1 saturated heterocycles. The van der Waals surface area contributed by atoms with E-state index < -0.39 is 58.9 Å². The number of amides is 5. The molecule has 302 valence electrons. The number of rotatable bonds is 12. The second-order valence-electron chi connectivity index (χ2n) is 16.3. The first-order chi connectivity index (χ1) is 25.6. The number of ether oxygens (including phenoxy) is 4. The van der Waals surface area contributed by atoms with Crippen molar-refractivity contribution in [2.75, 3.05) is 31.5 Å². The summed E-state index contributed by atoms with van der Waals surface area (Å²) in [5.74, 6) is -2.00. The van der Waals surface area contributed by atoms with Crippen molar-refractivity contribution in [1.82, 2.24) is 20.4 Å². The fraction of sp³-hybridized carbons (Fsp3) is 0.550. The molecule has 15 heteroatoms. The second kappa shape index (κ2) is 19.3. The van der Waals surface area contributed by atoms with Gasteiger partial charge in [0.05, 0.1) is 0 Å². The molecule has 3 rings (SSSR count). The average molecular weight is 768 g/mol. The van der Waals surface area contributed by atoms with Gasteiger partial charge in [-0.05, 0) is 92.0 Å². The third-order valence-corrected chi connectivity index (χ3v) is 7.73. The molecular formula is C40H57N5O10. The summed E-state index contributed by atoms with van der Waals surface area (Å²) < 4.78 is 21.8. The SMILES string of the molecule is CC(C)(C)OC(=O)CC[C@H](NC(=O)N[C@@H](Cc1ccc(NC(=O)N2CCN(C(=O)OCc3ccccc3)CC2)cc1)C(=O)OC(C)(C)C)C(=O)OC(C)(C)C. The Balaban J connectivity index is 1.61. The number of urea groups is 2. The Hall–Kier alpha value is -5.34. The molecule has 0 aliphatic carbocycles. The van der Waals surface area contributed by atoms with Crippen LogP contribution >= 0.6 is 0 Å². The van der Waals surface area contributed by atoms with E-state index in [1.165, 1.54) is 0 Å². The summed E-state index contributed by atoms with van der Waals surface area (Å²) in [4.78, 5) is 80.8. The van der Waals surface area contributed by atoms with Crippen LogP contribution in [0.4, 0.5) is 20.1 Å². The molecule has 15 nitrogen and oxygen atoms in total. The molecular weight excluding hydrogens is 710 g/mol. The Morgan fingerprint density at radius 2 is 1.15 bits per heavy atom. The predicted octanol–water partition coefficient (Wildman–Crippen LogP) is 5.56. The first kappa shape index (κ1) is 44.1. The quantitative estimate of drug-likeness (QED) is 0.183. The Morgan fingerprint density at radius 3 is 1.69 bits per heavy atom. The van der Waals surface area contributed by atoms with Crippen molar-refractivity contribution in [3.05, 3.63) is 65.7 Å². The number of carbonyl (C=O) groups excluding carboxylic acids is 6. The highest BCUT2D eigenvalue weighted by Gasteiger charge is 2.32. The van der Waals surface area contributed by atoms with E-state index in [2.05, 4.69) is 16.0 Å². The van der Waals surface area contributed by atoms with Crippen LogP contribution in [-0.2, 0) is 46.4 Å². The molecule has 55 heavy (non-hydrogen) atoms. The van der Waals surface area contributed by atoms with Crippen LogP contribution < -0.4 is 16.0 Å². The number of benzene rings is 2. The van der Waals surface area contributed by atoms with Gasteiger partial charge in [-0.25, -0.2) is 24.0 Å². The molecule has 2 aromatic rings. The Labute approximate surface area is 323 Å². The van der Waals surface area contributed by atoms with Gasteiger partial charge in [0, 0.05) is 44.7 Å². The van der Waals surface area contributed by atoms with Crippen molar-refractivity contribution in [1.29, 1.82) is 0 Å². The molecule has 2 aromatic carbocycles. The Bertz CT molecular complexity index is 1620. The minimum atomic E-state index is -1.22. The van der Waals surface area contributed by atoms with E-state index in [0.29, 0.717) is 37.4 Å². The number of carbonyl (C=O) groups is 6. The van der Waals surface area contributed by atoms with Gasteiger partial charge in [-0.3, -0.25) is 4.79 Å². The van der Waals surface area contributed by atoms with Crippen LogP contribution in [0, 0.1) is 0 Å². The van der Waals surface area contributed by atoms with Crippen molar-refractivity contribution in [3.63, 3.8) is 0 Å². The number of nitrogens with one attached hydrogen (secondary N) is 3. The fourth-order valence-corrected chi connectivity index (χ4v) is 5.27. The molecule has 1 aliphatic heterocycles. The number of hydrogen-bond acceptors (Lipinski definition) is 10. The van der Waals surface area contributed by atoms with Crippen LogP contribution in [0.2, 0.25) is 0 Å². The molecule has 3 N–H and O–H groups in total. The van der Waals surface area contributed by atoms with E-state index in [9.17, 15) is 28.8 Å². The van der Waals surface area contributed by atoms with Crippen molar-refractivity contribution in [2.45, 2.75) is 117 Å². The predicted molar refractivity (Wildman–Crippen MR) is 205 cm³/mol. The fourth-order valence-electron chi connectivity index (χ4n) is 5.27. The summed E-state index contributed by atoms with van der Waals surface area (Å²) >= 11 is 0. The average Bonchev–Trinajstić information content (AvgIpc) is 3.07. The number of piperazine rings is 1. The van der Waals surface area contributed by atoms with Gasteiger partial charge in [-0.15, -0.1) is 0 Å². The summed E-state index contributed by atoms with van der Waals surface area (Å²) in [5.41, 5.74) is -0.418. The molecule has 0 unspecified atom stereocenters. The van der Waals surface area contributed by atoms with Crippen molar-refractivity contribution >= 4 is 41.8 Å². The number of nitrogens with zero attached hydrogens (tertiary/aromatic N) is 2. The van der Waals surface area contributed by atoms with E-state index in [1.807, 2.05) is 30.3 Å². The minimum absolute atomic E-state index is 0.0217. The molecule has 1 heterocycles. The van der Waals surface area contributed by atoms with Gasteiger partial charge >= 0.3 is 36.1 Å². The summed E-state index contributed by atoms with van der Waals surface area (Å²) in [6, 6.07) is 12.6. The topological polar surface area (TPSA) is 182 Å². The zero-order chi connectivity index (χ0) is 41.0. The van der Waals surface area contributed by atoms with Crippen molar-refractivity contribution in [3.8, 4) is 0 Å². The van der Waals surface area contributed by atoms with Crippen LogP contribution in [0.25, 0.3) is 0 Å². The largest absolute Gasteiger partial charge is 0.460 e. The lowest BCUT2D eigenvalue weighted by atomic mass is 10.0. The van der Waals surface area contributed by atoms with Crippen molar-refractivity contribution in [2.24, 2.45) is 0 Å². The summed E-state index contributed by atoms with van der Waals surface area (Å²) in [6.07, 6.45) is -0.677. The molecule has 0 saturated carbocycles. The highest BCUT2D eigenvalue weighted by Crippen LogP contribution is 2.17. The highest BCUT2D eigenvalue weighted by molar-refractivity contribution is 5.90. The van der Waals surface area contributed by atoms with Gasteiger partial charge in [0.1, 0.15) is 35.5 Å². The third-order valence-electron chi connectivity index (χ3n) is 7.73. The maximum Gasteiger partial charge on any atom is 0.410 e. The zero-order valence-corrected chi connectivity index (χ0v) is 33.5. The molecule has 0 radical (unpaired) electrons. The van der Waals surface area contributed by atoms with E-state index in [4.69, 9.17) is 18.9 Å². The minimum Gasteiger partial charge on any atom is -0.460 e. The first-order valence-corrected chi connectivity index (χ1v) is 18.4. The normalized spacial score (nSPS) is 14.5. The molecule has 5 amide bonds. The van der Waals surface area contributed by atoms with Gasteiger partial charge < -0.3 is 44.7 Å². The monoisotopic (exact) mass is 767 g/mol. The molecule has 2 atom stereocenters. The van der Waals surface area contributed by atoms with Crippen LogP contribution in [-0.4, -0.2) is 101 Å². The first-order valence-electron chi connectivity index (χ1n) is 18.4. The smallest absolute Gasteiger partial charge is 0.410 e. The molecule has 0 aromatic heterocycles. The molecule has 1 fully saturated rings. The zero-order valence-electron chi connectivity index (χ0n) is 33.5. The lowest BCUT2D eigenvalue weighted by molar-refractivity contribution is -0.159. The van der Waals surface area contributed by atoms with E-state index in [0.717, 1.165) is 5.56 Å². The van der Waals surface area contributed by atoms with Gasteiger partial charge in [0.25, 0.3) is 0 Å². The lowest BCUT2D eigenvalue weighted by Crippen LogP contribution is -2.53. The van der Waals surface area contributed by atoms with Crippen LogP contribution in [0.1, 0.15) is 86.3 Å². The van der Waals surface area contributed by atoms with Gasteiger partial charge in [-0.1, -0.05) is 42.5 Å². The number of anilines is 1. The van der Waals surface area contributed by atoms with Gasteiger partial charge in [-0.2, -0.15) is 0 Å². The molecule has 0 bridgehead atoms. The maximum absolute atomic E-state index is 13.3. The van der Waals surface area contributed by atoms with Gasteiger partial charge in [0.15, 0.2) is 0 Å². The van der Waals surface area contributed by atoms with Gasteiger partial charge in [0.2, 0.25) is 0 Å². The lowest BCUT2D eigenvalue weighted by Gasteiger charge is -2.34. The number of hydrogen-bond donors (Lipinski definition) is 3. The maximum atomic E-state index is 13.3. The summed E-state index contributed by atoms with van der Waals surface area (Å²) in [5, 5.41) is 8.03. The second-order valence-corrected chi connectivity index (χ2v) is 16.3. The summed E-state index contributed by atoms with van der Waals surface area (Å²) in [6.45, 7) is 16.8. The number of esters is 3. The van der Waals surface area contributed by atoms with E-state index in [-0.39, 0.29) is 31.9 Å². The molecule has 0 spiro atoms. The standard InChI is InChI=1S/C40H57N5O10/c1-38(2,3)53-32(46)20-19-30(33(47)54-39(4,5)6)42-35(49)43-31(34(48)55-40(7,8)9)25-27-15-17-29(18-16-27)41-36(50)44-21-23-45(24-22-44)37(51)52-26-28-13-11-10-12-14-28/h10-18,30-31H,19-26H2,1-9H3,(H,41,50)(H2,42,43,49)/t30-,31-/m0/s1. The van der Waals surface area contributed by atoms with E-state index >= 15 is 0 Å². The van der Waals surface area contributed by atoms with Crippen molar-refractivity contribution < 1.29 is 47.7 Å². The highest BCUT2D eigenvalue weighted by atomic mass is 16.6. The van der Waals surface area contributed by atoms with Crippen LogP contribution in [0.15, 0.2) is 54.6 Å². The van der Waals surface area contributed by atoms with Crippen LogP contribution in [0.3, 0.4) is 0 Å². The Kier molecular flexibility index (Phi) is 15.5. The third kappa shape index (κ3) is 16.7. The molecule has 1 aliphatic rings. The van der Waals surface area contributed by atoms with E-state index in [1.54, 1.807) is 96.4 Å². The van der Waals surface area contributed by atoms with Crippen LogP contribution in [0.5, 0.6) is 0 Å². The summed E-state index contributed by atoms with van der Waals surface area (Å²) in [7, 11) is 0. The Morgan fingerprint density at radius 1 is 0.636 bits per heavy atom.